The summed E-state index contributed by atoms with van der Waals surface area (Å²) in [6, 6.07) is 0.873. The van der Waals surface area contributed by atoms with E-state index in [0.717, 1.165) is 17.9 Å². The fraction of sp³-hybridized carbons (Fsp3) is 1.00. The van der Waals surface area contributed by atoms with Crippen molar-refractivity contribution in [2.24, 2.45) is 11.8 Å². The lowest BCUT2D eigenvalue weighted by molar-refractivity contribution is 0.130. The quantitative estimate of drug-likeness (QED) is 0.609. The van der Waals surface area contributed by atoms with Gasteiger partial charge in [0.25, 0.3) is 0 Å². The van der Waals surface area contributed by atoms with Crippen molar-refractivity contribution >= 4 is 0 Å². The van der Waals surface area contributed by atoms with Crippen LogP contribution in [0.5, 0.6) is 0 Å². The van der Waals surface area contributed by atoms with Gasteiger partial charge in [-0.3, -0.25) is 0 Å². The van der Waals surface area contributed by atoms with Gasteiger partial charge in [-0.1, -0.05) is 12.8 Å². The van der Waals surface area contributed by atoms with E-state index in [1.54, 1.807) is 0 Å². The molecular weight excluding hydrogens is 134 g/mol. The average Bonchev–Trinajstić information content (AvgIpc) is 2.03. The van der Waals surface area contributed by atoms with E-state index in [1.165, 1.54) is 38.5 Å². The van der Waals surface area contributed by atoms with Gasteiger partial charge in [-0.2, -0.15) is 0 Å². The third kappa shape index (κ3) is 1.31. The zero-order chi connectivity index (χ0) is 7.68. The molecule has 0 atom stereocenters. The topological polar surface area (TPSA) is 12.0 Å². The summed E-state index contributed by atoms with van der Waals surface area (Å²) in [6.45, 7) is 0. The molecule has 2 rings (SSSR count). The van der Waals surface area contributed by atoms with Gasteiger partial charge in [0, 0.05) is 6.04 Å². The molecule has 0 aromatic carbocycles. The van der Waals surface area contributed by atoms with Crippen LogP contribution in [-0.4, -0.2) is 13.1 Å². The predicted molar refractivity (Wildman–Crippen MR) is 47.5 cm³/mol. The van der Waals surface area contributed by atoms with Gasteiger partial charge in [0.1, 0.15) is 0 Å². The molecular formula is C10H19N. The fourth-order valence-corrected chi connectivity index (χ4v) is 3.15. The minimum absolute atomic E-state index is 0.873. The Hall–Kier alpha value is -0.0400. The molecule has 0 unspecified atom stereocenters. The zero-order valence-corrected chi connectivity index (χ0v) is 7.47. The van der Waals surface area contributed by atoms with Gasteiger partial charge in [0.15, 0.2) is 0 Å². The van der Waals surface area contributed by atoms with Crippen molar-refractivity contribution in [1.82, 2.24) is 5.32 Å². The largest absolute Gasteiger partial charge is 0.316 e. The highest BCUT2D eigenvalue weighted by Crippen LogP contribution is 2.39. The molecule has 2 fully saturated rings. The summed E-state index contributed by atoms with van der Waals surface area (Å²) < 4.78 is 0. The third-order valence-electron chi connectivity index (χ3n) is 3.65. The molecule has 64 valence electrons. The molecule has 0 heterocycles. The van der Waals surface area contributed by atoms with E-state index in [4.69, 9.17) is 0 Å². The molecule has 2 aliphatic rings. The van der Waals surface area contributed by atoms with Crippen molar-refractivity contribution in [3.8, 4) is 0 Å². The van der Waals surface area contributed by atoms with E-state index >= 15 is 0 Å². The van der Waals surface area contributed by atoms with Crippen LogP contribution in [0.3, 0.4) is 0 Å². The Morgan fingerprint density at radius 3 is 1.64 bits per heavy atom. The van der Waals surface area contributed by atoms with E-state index < -0.39 is 0 Å². The van der Waals surface area contributed by atoms with Gasteiger partial charge in [0.05, 0.1) is 0 Å². The van der Waals surface area contributed by atoms with Gasteiger partial charge in [-0.15, -0.1) is 0 Å². The molecule has 0 aromatic rings. The SMILES string of the molecule is CNC1C2CCCC1CCC2. The maximum Gasteiger partial charge on any atom is 0.0121 e. The Bertz CT molecular complexity index is 111. The zero-order valence-electron chi connectivity index (χ0n) is 7.47. The summed E-state index contributed by atoms with van der Waals surface area (Å²) in [4.78, 5) is 0. The Kier molecular flexibility index (Phi) is 2.17. The number of nitrogens with one attached hydrogen (secondary N) is 1. The molecule has 0 spiro atoms. The molecule has 0 radical (unpaired) electrons. The first kappa shape index (κ1) is 7.60. The molecule has 0 saturated heterocycles. The minimum Gasteiger partial charge on any atom is -0.316 e. The van der Waals surface area contributed by atoms with Crippen LogP contribution in [0.4, 0.5) is 0 Å². The summed E-state index contributed by atoms with van der Waals surface area (Å²) in [5.41, 5.74) is 0. The minimum atomic E-state index is 0.873. The Labute approximate surface area is 69.6 Å². The first-order valence-electron chi connectivity index (χ1n) is 5.09. The molecule has 1 heteroatoms. The van der Waals surface area contributed by atoms with E-state index in [1.807, 2.05) is 0 Å². The van der Waals surface area contributed by atoms with Crippen LogP contribution in [0, 0.1) is 11.8 Å². The van der Waals surface area contributed by atoms with Crippen molar-refractivity contribution in [2.45, 2.75) is 44.6 Å². The van der Waals surface area contributed by atoms with Crippen LogP contribution in [0.2, 0.25) is 0 Å². The number of rotatable bonds is 1. The Morgan fingerprint density at radius 1 is 0.909 bits per heavy atom. The van der Waals surface area contributed by atoms with Crippen molar-refractivity contribution in [2.75, 3.05) is 7.05 Å². The summed E-state index contributed by atoms with van der Waals surface area (Å²) in [5.74, 6) is 2.04. The van der Waals surface area contributed by atoms with E-state index in [2.05, 4.69) is 12.4 Å². The molecule has 0 aromatic heterocycles. The molecule has 2 saturated carbocycles. The Morgan fingerprint density at radius 2 is 1.36 bits per heavy atom. The summed E-state index contributed by atoms with van der Waals surface area (Å²) in [7, 11) is 2.14. The van der Waals surface area contributed by atoms with Crippen LogP contribution in [0.1, 0.15) is 38.5 Å². The molecule has 0 amide bonds. The van der Waals surface area contributed by atoms with Gasteiger partial charge in [0.2, 0.25) is 0 Å². The van der Waals surface area contributed by atoms with E-state index in [9.17, 15) is 0 Å². The monoisotopic (exact) mass is 153 g/mol. The number of fused-ring (bicyclic) bond motifs is 2. The molecule has 0 aliphatic heterocycles. The highest BCUT2D eigenvalue weighted by Gasteiger charge is 2.34. The molecule has 11 heavy (non-hydrogen) atoms. The molecule has 1 nitrogen and oxygen atoms in total. The highest BCUT2D eigenvalue weighted by molar-refractivity contribution is 4.90. The maximum atomic E-state index is 3.51. The van der Waals surface area contributed by atoms with Crippen LogP contribution < -0.4 is 5.32 Å². The van der Waals surface area contributed by atoms with Crippen LogP contribution in [0.25, 0.3) is 0 Å². The van der Waals surface area contributed by atoms with Gasteiger partial charge >= 0.3 is 0 Å². The molecule has 2 aliphatic carbocycles. The summed E-state index contributed by atoms with van der Waals surface area (Å²) in [6.07, 6.45) is 8.94. The Balaban J connectivity index is 2.04. The normalized spacial score (nSPS) is 43.9. The second-order valence-corrected chi connectivity index (χ2v) is 4.20. The van der Waals surface area contributed by atoms with Crippen molar-refractivity contribution < 1.29 is 0 Å². The smallest absolute Gasteiger partial charge is 0.0121 e. The lowest BCUT2D eigenvalue weighted by Gasteiger charge is -2.42. The number of hydrogen-bond acceptors (Lipinski definition) is 1. The molecule has 1 N–H and O–H groups in total. The van der Waals surface area contributed by atoms with Crippen molar-refractivity contribution in [1.29, 1.82) is 0 Å². The second kappa shape index (κ2) is 3.14. The van der Waals surface area contributed by atoms with Crippen LogP contribution >= 0.6 is 0 Å². The average molecular weight is 153 g/mol. The summed E-state index contributed by atoms with van der Waals surface area (Å²) >= 11 is 0. The van der Waals surface area contributed by atoms with Gasteiger partial charge < -0.3 is 5.32 Å². The van der Waals surface area contributed by atoms with Crippen LogP contribution in [-0.2, 0) is 0 Å². The maximum absolute atomic E-state index is 3.51. The summed E-state index contributed by atoms with van der Waals surface area (Å²) in [5, 5.41) is 3.51. The second-order valence-electron chi connectivity index (χ2n) is 4.20. The standard InChI is InChI=1S/C10H19N/c1-11-10-8-4-2-5-9(10)7-3-6-8/h8-11H,2-7H2,1H3. The lowest BCUT2D eigenvalue weighted by atomic mass is 9.68. The van der Waals surface area contributed by atoms with E-state index in [0.29, 0.717) is 0 Å². The lowest BCUT2D eigenvalue weighted by Crippen LogP contribution is -2.45. The van der Waals surface area contributed by atoms with Crippen molar-refractivity contribution in [3.05, 3.63) is 0 Å². The third-order valence-corrected chi connectivity index (χ3v) is 3.65. The van der Waals surface area contributed by atoms with Gasteiger partial charge in [-0.25, -0.2) is 0 Å². The first-order valence-corrected chi connectivity index (χ1v) is 5.09. The first-order chi connectivity index (χ1) is 5.42. The number of hydrogen-bond donors (Lipinski definition) is 1. The van der Waals surface area contributed by atoms with Crippen molar-refractivity contribution in [3.63, 3.8) is 0 Å². The van der Waals surface area contributed by atoms with E-state index in [-0.39, 0.29) is 0 Å². The highest BCUT2D eigenvalue weighted by atomic mass is 14.9. The fourth-order valence-electron chi connectivity index (χ4n) is 3.15. The van der Waals surface area contributed by atoms with Gasteiger partial charge in [-0.05, 0) is 44.6 Å². The van der Waals surface area contributed by atoms with Crippen LogP contribution in [0.15, 0.2) is 0 Å². The molecule has 2 bridgehead atoms. The predicted octanol–water partition coefficient (Wildman–Crippen LogP) is 2.17.